The molecule has 0 saturated heterocycles. The monoisotopic (exact) mass is 287 g/mol. The van der Waals surface area contributed by atoms with Crippen LogP contribution >= 0.6 is 0 Å². The average Bonchev–Trinajstić information content (AvgIpc) is 2.75. The second kappa shape index (κ2) is 4.69. The molecular formula is C12H12F3N3O2. The number of alkyl halides is 3. The Morgan fingerprint density at radius 3 is 2.65 bits per heavy atom. The minimum atomic E-state index is -4.68. The lowest BCUT2D eigenvalue weighted by Gasteiger charge is -2.16. The van der Waals surface area contributed by atoms with Crippen molar-refractivity contribution in [3.63, 3.8) is 0 Å². The largest absolute Gasteiger partial charge is 0.467 e. The predicted molar refractivity (Wildman–Crippen MR) is 65.9 cm³/mol. The number of imidazole rings is 1. The van der Waals surface area contributed by atoms with Crippen molar-refractivity contribution in [1.82, 2.24) is 9.55 Å². The molecule has 0 aliphatic carbocycles. The van der Waals surface area contributed by atoms with Crippen LogP contribution in [0.5, 0.6) is 0 Å². The van der Waals surface area contributed by atoms with Crippen molar-refractivity contribution in [2.75, 3.05) is 12.8 Å². The summed E-state index contributed by atoms with van der Waals surface area (Å²) in [5.41, 5.74) is 6.07. The lowest BCUT2D eigenvalue weighted by Crippen LogP contribution is -2.23. The number of hydrogen-bond acceptors (Lipinski definition) is 4. The van der Waals surface area contributed by atoms with Gasteiger partial charge in [-0.25, -0.2) is 9.78 Å². The molecule has 0 spiro atoms. The second-order valence-electron chi connectivity index (χ2n) is 4.25. The highest BCUT2D eigenvalue weighted by molar-refractivity contribution is 5.83. The van der Waals surface area contributed by atoms with Crippen molar-refractivity contribution >= 4 is 22.7 Å². The Bertz CT molecular complexity index is 664. The number of nitrogens with two attached hydrogens (primary N) is 1. The van der Waals surface area contributed by atoms with Crippen molar-refractivity contribution in [2.45, 2.75) is 19.1 Å². The lowest BCUT2D eigenvalue weighted by molar-refractivity contribution is -0.151. The first-order valence-electron chi connectivity index (χ1n) is 5.68. The number of benzene rings is 1. The summed E-state index contributed by atoms with van der Waals surface area (Å²) in [7, 11) is 1.11. The number of fused-ring (bicyclic) bond motifs is 1. The van der Waals surface area contributed by atoms with Gasteiger partial charge < -0.3 is 15.0 Å². The van der Waals surface area contributed by atoms with E-state index < -0.39 is 24.0 Å². The van der Waals surface area contributed by atoms with Crippen molar-refractivity contribution in [3.8, 4) is 0 Å². The standard InChI is InChI=1S/C12H12F3N3O2/c1-6(10(19)20-2)18-9-4-3-7(16)5-8(9)17-11(18)12(13,14)15/h3-6H,16H2,1-2H3. The van der Waals surface area contributed by atoms with Crippen LogP contribution in [-0.2, 0) is 15.7 Å². The Morgan fingerprint density at radius 2 is 2.10 bits per heavy atom. The zero-order valence-corrected chi connectivity index (χ0v) is 10.7. The van der Waals surface area contributed by atoms with E-state index in [-0.39, 0.29) is 11.0 Å². The molecule has 20 heavy (non-hydrogen) atoms. The van der Waals surface area contributed by atoms with Gasteiger partial charge in [0.15, 0.2) is 0 Å². The van der Waals surface area contributed by atoms with Crippen molar-refractivity contribution in [2.24, 2.45) is 0 Å². The van der Waals surface area contributed by atoms with Crippen molar-refractivity contribution in [1.29, 1.82) is 0 Å². The molecule has 0 amide bonds. The molecule has 1 heterocycles. The van der Waals surface area contributed by atoms with Crippen LogP contribution in [0.1, 0.15) is 18.8 Å². The molecular weight excluding hydrogens is 275 g/mol. The summed E-state index contributed by atoms with van der Waals surface area (Å²) in [6.45, 7) is 1.32. The number of carbonyl (C=O) groups excluding carboxylic acids is 1. The number of methoxy groups -OCH3 is 1. The van der Waals surface area contributed by atoms with Gasteiger partial charge >= 0.3 is 12.1 Å². The molecule has 1 unspecified atom stereocenters. The van der Waals surface area contributed by atoms with E-state index in [2.05, 4.69) is 9.72 Å². The van der Waals surface area contributed by atoms with Gasteiger partial charge in [-0.1, -0.05) is 0 Å². The molecule has 2 rings (SSSR count). The summed E-state index contributed by atoms with van der Waals surface area (Å²) >= 11 is 0. The Morgan fingerprint density at radius 1 is 1.45 bits per heavy atom. The summed E-state index contributed by atoms with van der Waals surface area (Å²) in [5.74, 6) is -1.94. The number of hydrogen-bond donors (Lipinski definition) is 1. The van der Waals surface area contributed by atoms with Gasteiger partial charge in [0.25, 0.3) is 0 Å². The second-order valence-corrected chi connectivity index (χ2v) is 4.25. The van der Waals surface area contributed by atoms with Gasteiger partial charge in [0.05, 0.1) is 18.1 Å². The quantitative estimate of drug-likeness (QED) is 0.680. The predicted octanol–water partition coefficient (Wildman–Crippen LogP) is 2.37. The van der Waals surface area contributed by atoms with Crippen molar-refractivity contribution in [3.05, 3.63) is 24.0 Å². The third kappa shape index (κ3) is 2.28. The van der Waals surface area contributed by atoms with Crippen LogP contribution in [0, 0.1) is 0 Å². The van der Waals surface area contributed by atoms with E-state index in [9.17, 15) is 18.0 Å². The van der Waals surface area contributed by atoms with E-state index in [1.54, 1.807) is 0 Å². The molecule has 0 aliphatic heterocycles. The minimum Gasteiger partial charge on any atom is -0.467 e. The molecule has 1 aromatic heterocycles. The highest BCUT2D eigenvalue weighted by Gasteiger charge is 2.40. The molecule has 5 nitrogen and oxygen atoms in total. The molecule has 0 bridgehead atoms. The van der Waals surface area contributed by atoms with E-state index in [0.717, 1.165) is 11.7 Å². The van der Waals surface area contributed by atoms with Gasteiger partial charge in [0.1, 0.15) is 6.04 Å². The summed E-state index contributed by atoms with van der Waals surface area (Å²) in [6.07, 6.45) is -4.68. The number of aromatic nitrogens is 2. The zero-order valence-electron chi connectivity index (χ0n) is 10.7. The topological polar surface area (TPSA) is 70.1 Å². The number of rotatable bonds is 2. The molecule has 1 atom stereocenters. The van der Waals surface area contributed by atoms with Gasteiger partial charge in [0, 0.05) is 5.69 Å². The average molecular weight is 287 g/mol. The first-order chi connectivity index (χ1) is 9.25. The fourth-order valence-corrected chi connectivity index (χ4v) is 1.98. The summed E-state index contributed by atoms with van der Waals surface area (Å²) in [5, 5.41) is 0. The summed E-state index contributed by atoms with van der Waals surface area (Å²) in [4.78, 5) is 15.1. The molecule has 8 heteroatoms. The summed E-state index contributed by atoms with van der Waals surface area (Å²) < 4.78 is 44.4. The molecule has 1 aromatic carbocycles. The minimum absolute atomic E-state index is 0.0769. The molecule has 2 aromatic rings. The van der Waals surface area contributed by atoms with Gasteiger partial charge in [-0.3, -0.25) is 0 Å². The maximum Gasteiger partial charge on any atom is 0.449 e. The maximum absolute atomic E-state index is 13.0. The molecule has 0 radical (unpaired) electrons. The number of nitrogen functional groups attached to an aromatic ring is 1. The maximum atomic E-state index is 13.0. The Hall–Kier alpha value is -2.25. The molecule has 0 aliphatic rings. The fourth-order valence-electron chi connectivity index (χ4n) is 1.98. The lowest BCUT2D eigenvalue weighted by atomic mass is 10.2. The van der Waals surface area contributed by atoms with Gasteiger partial charge in [-0.2, -0.15) is 13.2 Å². The highest BCUT2D eigenvalue weighted by Crippen LogP contribution is 2.34. The number of nitrogens with zero attached hydrogens (tertiary/aromatic N) is 2. The van der Waals surface area contributed by atoms with Crippen LogP contribution < -0.4 is 5.73 Å². The first kappa shape index (κ1) is 14.2. The molecule has 0 fully saturated rings. The van der Waals surface area contributed by atoms with E-state index in [1.807, 2.05) is 0 Å². The summed E-state index contributed by atoms with van der Waals surface area (Å²) in [6, 6.07) is 3.02. The Balaban J connectivity index is 2.74. The van der Waals surface area contributed by atoms with Crippen LogP contribution in [0.15, 0.2) is 18.2 Å². The fraction of sp³-hybridized carbons (Fsp3) is 0.333. The van der Waals surface area contributed by atoms with Crippen LogP contribution in [-0.4, -0.2) is 22.6 Å². The van der Waals surface area contributed by atoms with E-state index in [0.29, 0.717) is 5.69 Å². The third-order valence-electron chi connectivity index (χ3n) is 2.90. The van der Waals surface area contributed by atoms with Crippen LogP contribution in [0.25, 0.3) is 11.0 Å². The van der Waals surface area contributed by atoms with E-state index in [1.165, 1.54) is 25.1 Å². The normalized spacial score (nSPS) is 13.4. The Labute approximate surface area is 112 Å². The zero-order chi connectivity index (χ0) is 15.1. The Kier molecular flexibility index (Phi) is 3.33. The van der Waals surface area contributed by atoms with Crippen LogP contribution in [0.2, 0.25) is 0 Å². The third-order valence-corrected chi connectivity index (χ3v) is 2.90. The molecule has 108 valence electrons. The van der Waals surface area contributed by atoms with Gasteiger partial charge in [-0.15, -0.1) is 0 Å². The smallest absolute Gasteiger partial charge is 0.449 e. The van der Waals surface area contributed by atoms with E-state index in [4.69, 9.17) is 5.73 Å². The molecule has 2 N–H and O–H groups in total. The van der Waals surface area contributed by atoms with Crippen molar-refractivity contribution < 1.29 is 22.7 Å². The number of carbonyl (C=O) groups is 1. The number of ether oxygens (including phenoxy) is 1. The van der Waals surface area contributed by atoms with Crippen LogP contribution in [0.3, 0.4) is 0 Å². The van der Waals surface area contributed by atoms with Crippen LogP contribution in [0.4, 0.5) is 18.9 Å². The number of halogens is 3. The first-order valence-corrected chi connectivity index (χ1v) is 5.68. The van der Waals surface area contributed by atoms with Gasteiger partial charge in [-0.05, 0) is 25.1 Å². The SMILES string of the molecule is COC(=O)C(C)n1c(C(F)(F)F)nc2cc(N)ccc21. The number of anilines is 1. The van der Waals surface area contributed by atoms with Gasteiger partial charge in [0.2, 0.25) is 5.82 Å². The highest BCUT2D eigenvalue weighted by atomic mass is 19.4. The van der Waals surface area contributed by atoms with E-state index >= 15 is 0 Å². The number of esters is 1. The molecule has 0 saturated carbocycles.